The smallest absolute Gasteiger partial charge is 0.301 e. The van der Waals surface area contributed by atoms with Crippen molar-refractivity contribution < 1.29 is 13.6 Å². The van der Waals surface area contributed by atoms with E-state index in [2.05, 4.69) is 4.98 Å². The zero-order chi connectivity index (χ0) is 14.6. The van der Waals surface area contributed by atoms with E-state index >= 15 is 0 Å². The fourth-order valence-electron chi connectivity index (χ4n) is 1.87. The normalized spacial score (nSPS) is 11.9. The Hall–Kier alpha value is -0.870. The predicted molar refractivity (Wildman–Crippen MR) is 83.2 cm³/mol. The molecule has 0 unspecified atom stereocenters. The van der Waals surface area contributed by atoms with Gasteiger partial charge in [-0.15, -0.1) is 0 Å². The number of benzene rings is 1. The molecule has 0 bridgehead atoms. The summed E-state index contributed by atoms with van der Waals surface area (Å²) in [6, 6.07) is 9.70. The molecule has 0 radical (unpaired) electrons. The molecule has 1 aromatic carbocycles. The van der Waals surface area contributed by atoms with Crippen molar-refractivity contribution in [2.45, 2.75) is 25.7 Å². The molecule has 0 spiro atoms. The van der Waals surface area contributed by atoms with Crippen LogP contribution in [0.25, 0.3) is 10.9 Å². The molecule has 0 saturated carbocycles. The quantitative estimate of drug-likeness (QED) is 0.716. The van der Waals surface area contributed by atoms with Gasteiger partial charge in [0.15, 0.2) is 0 Å². The standard InChI is InChI=1S/C14H18NO3PS/c1-4-17-19(16,18-5-2)20-14-10-11(3)15-13-9-7-6-8-12(13)14/h6-10H,4-5H2,1-3H3. The Labute approximate surface area is 123 Å². The van der Waals surface area contributed by atoms with Gasteiger partial charge >= 0.3 is 6.80 Å². The zero-order valence-electron chi connectivity index (χ0n) is 11.8. The Kier molecular flexibility index (Phi) is 5.22. The van der Waals surface area contributed by atoms with Crippen LogP contribution in [0.15, 0.2) is 35.2 Å². The molecule has 2 aromatic rings. The van der Waals surface area contributed by atoms with Crippen LogP contribution < -0.4 is 0 Å². The number of aromatic nitrogens is 1. The first-order valence-electron chi connectivity index (χ1n) is 6.53. The molecule has 6 heteroatoms. The number of nitrogens with zero attached hydrogens (tertiary/aromatic N) is 1. The van der Waals surface area contributed by atoms with Crippen LogP contribution in [0.3, 0.4) is 0 Å². The summed E-state index contributed by atoms with van der Waals surface area (Å²) in [5.41, 5.74) is 1.76. The molecule has 2 rings (SSSR count). The van der Waals surface area contributed by atoms with Gasteiger partial charge in [0.05, 0.1) is 18.7 Å². The predicted octanol–water partition coefficient (Wildman–Crippen LogP) is 4.82. The molecule has 0 aliphatic carbocycles. The Morgan fingerprint density at radius 2 is 1.85 bits per heavy atom. The average Bonchev–Trinajstić information content (AvgIpc) is 2.38. The number of rotatable bonds is 6. The SMILES string of the molecule is CCOP(=O)(OCC)Sc1cc(C)nc2ccccc12. The van der Waals surface area contributed by atoms with E-state index in [1.54, 1.807) is 0 Å². The molecule has 0 aliphatic rings. The van der Waals surface area contributed by atoms with Crippen LogP contribution in [-0.2, 0) is 13.6 Å². The maximum absolute atomic E-state index is 12.6. The first kappa shape index (κ1) is 15.5. The van der Waals surface area contributed by atoms with Gasteiger partial charge < -0.3 is 9.05 Å². The van der Waals surface area contributed by atoms with Crippen molar-refractivity contribution in [3.63, 3.8) is 0 Å². The summed E-state index contributed by atoms with van der Waals surface area (Å²) in [5.74, 6) is 0. The zero-order valence-corrected chi connectivity index (χ0v) is 13.5. The van der Waals surface area contributed by atoms with Crippen molar-refractivity contribution in [1.29, 1.82) is 0 Å². The van der Waals surface area contributed by atoms with Gasteiger partial charge in [0.25, 0.3) is 0 Å². The molecule has 0 N–H and O–H groups in total. The van der Waals surface area contributed by atoms with Crippen molar-refractivity contribution in [3.05, 3.63) is 36.0 Å². The maximum Gasteiger partial charge on any atom is 0.393 e. The Morgan fingerprint density at radius 1 is 1.20 bits per heavy atom. The second kappa shape index (κ2) is 6.72. The van der Waals surface area contributed by atoms with Crippen LogP contribution in [0.5, 0.6) is 0 Å². The van der Waals surface area contributed by atoms with Gasteiger partial charge in [0, 0.05) is 16.0 Å². The molecule has 0 aliphatic heterocycles. The van der Waals surface area contributed by atoms with Crippen LogP contribution in [-0.4, -0.2) is 18.2 Å². The van der Waals surface area contributed by atoms with Gasteiger partial charge in [-0.2, -0.15) is 0 Å². The summed E-state index contributed by atoms with van der Waals surface area (Å²) in [5, 5.41) is 0.961. The van der Waals surface area contributed by atoms with Crippen LogP contribution in [0.4, 0.5) is 0 Å². The van der Waals surface area contributed by atoms with Gasteiger partial charge in [-0.05, 0) is 44.3 Å². The fourth-order valence-corrected chi connectivity index (χ4v) is 5.54. The summed E-state index contributed by atoms with van der Waals surface area (Å²) in [6.07, 6.45) is 0. The van der Waals surface area contributed by atoms with E-state index in [1.165, 1.54) is 0 Å². The third-order valence-corrected chi connectivity index (χ3v) is 6.39. The minimum absolute atomic E-state index is 0.353. The lowest BCUT2D eigenvalue weighted by Gasteiger charge is -2.17. The molecular formula is C14H18NO3PS. The second-order valence-corrected chi connectivity index (χ2v) is 8.08. The summed E-state index contributed by atoms with van der Waals surface area (Å²) in [7, 11) is 0. The molecule has 0 fully saturated rings. The molecular weight excluding hydrogens is 293 g/mol. The molecule has 1 heterocycles. The minimum atomic E-state index is -3.18. The highest BCUT2D eigenvalue weighted by Crippen LogP contribution is 2.64. The average molecular weight is 311 g/mol. The van der Waals surface area contributed by atoms with Crippen LogP contribution in [0.1, 0.15) is 19.5 Å². The highest BCUT2D eigenvalue weighted by molar-refractivity contribution is 8.55. The van der Waals surface area contributed by atoms with E-state index in [0.29, 0.717) is 13.2 Å². The molecule has 0 saturated heterocycles. The summed E-state index contributed by atoms with van der Waals surface area (Å²) < 4.78 is 23.3. The van der Waals surface area contributed by atoms with Crippen molar-refractivity contribution >= 4 is 29.1 Å². The Balaban J connectivity index is 2.44. The largest absolute Gasteiger partial charge is 0.393 e. The van der Waals surface area contributed by atoms with Gasteiger partial charge in [-0.25, -0.2) is 4.57 Å². The van der Waals surface area contributed by atoms with E-state index in [0.717, 1.165) is 32.9 Å². The van der Waals surface area contributed by atoms with E-state index in [9.17, 15) is 4.57 Å². The van der Waals surface area contributed by atoms with Crippen LogP contribution in [0, 0.1) is 6.92 Å². The van der Waals surface area contributed by atoms with Crippen LogP contribution in [0.2, 0.25) is 0 Å². The van der Waals surface area contributed by atoms with Crippen LogP contribution >= 0.6 is 18.2 Å². The number of hydrogen-bond donors (Lipinski definition) is 0. The number of aryl methyl sites for hydroxylation is 1. The molecule has 4 nitrogen and oxygen atoms in total. The Bertz CT molecular complexity index is 637. The summed E-state index contributed by atoms with van der Waals surface area (Å²) >= 11 is 1.15. The number of pyridine rings is 1. The third kappa shape index (κ3) is 3.61. The lowest BCUT2D eigenvalue weighted by atomic mass is 10.2. The van der Waals surface area contributed by atoms with Crippen molar-refractivity contribution in [3.8, 4) is 0 Å². The van der Waals surface area contributed by atoms with Gasteiger partial charge in [0.2, 0.25) is 0 Å². The van der Waals surface area contributed by atoms with Crippen molar-refractivity contribution in [1.82, 2.24) is 4.98 Å². The first-order valence-corrected chi connectivity index (χ1v) is 9.49. The molecule has 108 valence electrons. The van der Waals surface area contributed by atoms with Crippen molar-refractivity contribution in [2.75, 3.05) is 13.2 Å². The topological polar surface area (TPSA) is 48.4 Å². The lowest BCUT2D eigenvalue weighted by Crippen LogP contribution is -1.93. The van der Waals surface area contributed by atoms with Crippen molar-refractivity contribution in [2.24, 2.45) is 0 Å². The molecule has 20 heavy (non-hydrogen) atoms. The van der Waals surface area contributed by atoms with E-state index in [4.69, 9.17) is 9.05 Å². The summed E-state index contributed by atoms with van der Waals surface area (Å²) in [6.45, 7) is 3.07. The summed E-state index contributed by atoms with van der Waals surface area (Å²) in [4.78, 5) is 5.35. The van der Waals surface area contributed by atoms with E-state index in [1.807, 2.05) is 51.1 Å². The minimum Gasteiger partial charge on any atom is -0.301 e. The monoisotopic (exact) mass is 311 g/mol. The fraction of sp³-hybridized carbons (Fsp3) is 0.357. The maximum atomic E-state index is 12.6. The van der Waals surface area contributed by atoms with E-state index in [-0.39, 0.29) is 0 Å². The lowest BCUT2D eigenvalue weighted by molar-refractivity contribution is 0.237. The highest BCUT2D eigenvalue weighted by Gasteiger charge is 2.26. The first-order chi connectivity index (χ1) is 9.58. The molecule has 0 atom stereocenters. The Morgan fingerprint density at radius 3 is 2.50 bits per heavy atom. The molecule has 0 amide bonds. The van der Waals surface area contributed by atoms with Gasteiger partial charge in [-0.1, -0.05) is 18.2 Å². The number of para-hydroxylation sites is 1. The van der Waals surface area contributed by atoms with E-state index < -0.39 is 6.80 Å². The van der Waals surface area contributed by atoms with Gasteiger partial charge in [0.1, 0.15) is 0 Å². The number of hydrogen-bond acceptors (Lipinski definition) is 5. The van der Waals surface area contributed by atoms with Gasteiger partial charge in [-0.3, -0.25) is 4.98 Å². The third-order valence-electron chi connectivity index (χ3n) is 2.59. The number of fused-ring (bicyclic) bond motifs is 1. The highest BCUT2D eigenvalue weighted by atomic mass is 32.7. The second-order valence-electron chi connectivity index (χ2n) is 4.15. The molecule has 1 aromatic heterocycles.